The van der Waals surface area contributed by atoms with Crippen molar-refractivity contribution in [1.82, 2.24) is 20.1 Å². The summed E-state index contributed by atoms with van der Waals surface area (Å²) in [6.45, 7) is 4.92. The number of amides is 1. The van der Waals surface area contributed by atoms with Gasteiger partial charge in [0.15, 0.2) is 0 Å². The van der Waals surface area contributed by atoms with E-state index in [0.29, 0.717) is 10.9 Å². The van der Waals surface area contributed by atoms with E-state index in [-0.39, 0.29) is 5.91 Å². The number of hydrogen-bond acceptors (Lipinski definition) is 5. The first-order valence-corrected chi connectivity index (χ1v) is 8.78. The van der Waals surface area contributed by atoms with Crippen LogP contribution in [0.15, 0.2) is 29.4 Å². The van der Waals surface area contributed by atoms with Gasteiger partial charge in [-0.1, -0.05) is 29.4 Å². The Balaban J connectivity index is 1.49. The summed E-state index contributed by atoms with van der Waals surface area (Å²) in [5.41, 5.74) is 1.11. The molecule has 122 valence electrons. The van der Waals surface area contributed by atoms with E-state index in [2.05, 4.69) is 20.1 Å². The molecule has 0 radical (unpaired) electrons. The molecule has 2 heterocycles. The van der Waals surface area contributed by atoms with Gasteiger partial charge in [-0.05, 0) is 25.1 Å². The maximum absolute atomic E-state index is 12.3. The van der Waals surface area contributed by atoms with Crippen molar-refractivity contribution in [2.24, 2.45) is 0 Å². The molecule has 1 aromatic heterocycles. The Morgan fingerprint density at radius 3 is 2.78 bits per heavy atom. The fourth-order valence-corrected chi connectivity index (χ4v) is 3.42. The molecule has 1 aromatic carbocycles. The molecule has 0 unspecified atom stereocenters. The number of nitrogens with one attached hydrogen (secondary N) is 1. The van der Waals surface area contributed by atoms with Crippen molar-refractivity contribution in [2.75, 3.05) is 36.8 Å². The first-order valence-electron chi connectivity index (χ1n) is 7.42. The van der Waals surface area contributed by atoms with E-state index in [9.17, 15) is 4.79 Å². The third-order valence-corrected chi connectivity index (χ3v) is 4.77. The van der Waals surface area contributed by atoms with E-state index < -0.39 is 0 Å². The van der Waals surface area contributed by atoms with Crippen LogP contribution in [0, 0.1) is 6.92 Å². The van der Waals surface area contributed by atoms with Gasteiger partial charge in [-0.15, -0.1) is 5.10 Å². The van der Waals surface area contributed by atoms with Crippen LogP contribution >= 0.6 is 23.4 Å². The fraction of sp³-hybridized carbons (Fsp3) is 0.400. The van der Waals surface area contributed by atoms with Gasteiger partial charge in [-0.3, -0.25) is 9.89 Å². The van der Waals surface area contributed by atoms with Crippen molar-refractivity contribution in [3.63, 3.8) is 0 Å². The minimum atomic E-state index is 0.128. The number of rotatable bonds is 4. The number of hydrogen-bond donors (Lipinski definition) is 1. The van der Waals surface area contributed by atoms with Gasteiger partial charge in [0.2, 0.25) is 11.1 Å². The number of aromatic amines is 1. The Hall–Kier alpha value is -1.73. The predicted octanol–water partition coefficient (Wildman–Crippen LogP) is 2.21. The molecule has 3 rings (SSSR count). The van der Waals surface area contributed by atoms with E-state index in [0.717, 1.165) is 42.7 Å². The number of halogens is 1. The zero-order valence-electron chi connectivity index (χ0n) is 12.8. The van der Waals surface area contributed by atoms with Crippen molar-refractivity contribution in [2.45, 2.75) is 12.1 Å². The molecule has 0 atom stereocenters. The Morgan fingerprint density at radius 1 is 1.35 bits per heavy atom. The van der Waals surface area contributed by atoms with Crippen LogP contribution in [-0.2, 0) is 4.79 Å². The summed E-state index contributed by atoms with van der Waals surface area (Å²) in [4.78, 5) is 20.6. The lowest BCUT2D eigenvalue weighted by molar-refractivity contribution is -0.128. The molecule has 6 nitrogen and oxygen atoms in total. The lowest BCUT2D eigenvalue weighted by Crippen LogP contribution is -2.49. The molecule has 2 aromatic rings. The van der Waals surface area contributed by atoms with Crippen molar-refractivity contribution in [3.8, 4) is 0 Å². The normalized spacial score (nSPS) is 15.0. The molecule has 23 heavy (non-hydrogen) atoms. The van der Waals surface area contributed by atoms with E-state index in [1.807, 2.05) is 36.1 Å². The SMILES string of the molecule is Cc1nc(SCC(=O)N2CCN(c3cccc(Cl)c3)CC2)n[nH]1. The third kappa shape index (κ3) is 4.17. The van der Waals surface area contributed by atoms with Crippen molar-refractivity contribution in [3.05, 3.63) is 35.1 Å². The van der Waals surface area contributed by atoms with Crippen LogP contribution in [0.3, 0.4) is 0 Å². The van der Waals surface area contributed by atoms with Crippen molar-refractivity contribution < 1.29 is 4.79 Å². The second-order valence-corrected chi connectivity index (χ2v) is 6.72. The number of carbonyl (C=O) groups is 1. The van der Waals surface area contributed by atoms with Crippen LogP contribution in [-0.4, -0.2) is 57.9 Å². The standard InChI is InChI=1S/C15H18ClN5OS/c1-11-17-15(19-18-11)23-10-14(22)21-7-5-20(6-8-21)13-4-2-3-12(16)9-13/h2-4,9H,5-8,10H2,1H3,(H,17,18,19). The maximum Gasteiger partial charge on any atom is 0.233 e. The van der Waals surface area contributed by atoms with Crippen molar-refractivity contribution in [1.29, 1.82) is 0 Å². The first-order chi connectivity index (χ1) is 11.1. The second-order valence-electron chi connectivity index (χ2n) is 5.34. The number of carbonyl (C=O) groups excluding carboxylic acids is 1. The zero-order valence-corrected chi connectivity index (χ0v) is 14.4. The molecule has 8 heteroatoms. The molecule has 0 aliphatic carbocycles. The van der Waals surface area contributed by atoms with Gasteiger partial charge in [0.1, 0.15) is 5.82 Å². The molecule has 0 bridgehead atoms. The summed E-state index contributed by atoms with van der Waals surface area (Å²) < 4.78 is 0. The van der Waals surface area contributed by atoms with Gasteiger partial charge in [0, 0.05) is 36.9 Å². The minimum absolute atomic E-state index is 0.128. The summed E-state index contributed by atoms with van der Waals surface area (Å²) in [7, 11) is 0. The van der Waals surface area contributed by atoms with Crippen LogP contribution in [0.4, 0.5) is 5.69 Å². The van der Waals surface area contributed by atoms with E-state index in [4.69, 9.17) is 11.6 Å². The van der Waals surface area contributed by atoms with Gasteiger partial charge in [-0.2, -0.15) is 0 Å². The smallest absolute Gasteiger partial charge is 0.233 e. The lowest BCUT2D eigenvalue weighted by atomic mass is 10.2. The minimum Gasteiger partial charge on any atom is -0.368 e. The summed E-state index contributed by atoms with van der Waals surface area (Å²) in [5.74, 6) is 1.26. The average molecular weight is 352 g/mol. The number of nitrogens with zero attached hydrogens (tertiary/aromatic N) is 4. The van der Waals surface area contributed by atoms with E-state index >= 15 is 0 Å². The number of aryl methyl sites for hydroxylation is 1. The quantitative estimate of drug-likeness (QED) is 0.855. The second kappa shape index (κ2) is 7.23. The Kier molecular flexibility index (Phi) is 5.07. The molecule has 1 aliphatic heterocycles. The number of H-pyrrole nitrogens is 1. The van der Waals surface area contributed by atoms with Crippen LogP contribution in [0.2, 0.25) is 5.02 Å². The fourth-order valence-electron chi connectivity index (χ4n) is 2.49. The highest BCUT2D eigenvalue weighted by Gasteiger charge is 2.21. The molecule has 0 saturated carbocycles. The molecule has 1 N–H and O–H groups in total. The Labute approximate surface area is 144 Å². The number of anilines is 1. The summed E-state index contributed by atoms with van der Waals surface area (Å²) in [6, 6.07) is 7.82. The molecular formula is C15H18ClN5OS. The van der Waals surface area contributed by atoms with E-state index in [1.54, 1.807) is 0 Å². The number of thioether (sulfide) groups is 1. The Morgan fingerprint density at radius 2 is 2.13 bits per heavy atom. The average Bonchev–Trinajstić information content (AvgIpc) is 2.98. The van der Waals surface area contributed by atoms with Crippen LogP contribution in [0.1, 0.15) is 5.82 Å². The summed E-state index contributed by atoms with van der Waals surface area (Å²) in [6.07, 6.45) is 0. The maximum atomic E-state index is 12.3. The molecular weight excluding hydrogens is 334 g/mol. The van der Waals surface area contributed by atoms with Gasteiger partial charge in [0.25, 0.3) is 0 Å². The molecule has 1 amide bonds. The van der Waals surface area contributed by atoms with Gasteiger partial charge >= 0.3 is 0 Å². The number of benzene rings is 1. The Bertz CT molecular complexity index is 684. The summed E-state index contributed by atoms with van der Waals surface area (Å²) in [5, 5.41) is 8.16. The highest BCUT2D eigenvalue weighted by molar-refractivity contribution is 7.99. The molecule has 1 saturated heterocycles. The van der Waals surface area contributed by atoms with Crippen LogP contribution in [0.5, 0.6) is 0 Å². The first kappa shape index (κ1) is 16.1. The predicted molar refractivity (Wildman–Crippen MR) is 92.1 cm³/mol. The third-order valence-electron chi connectivity index (χ3n) is 3.71. The van der Waals surface area contributed by atoms with E-state index in [1.165, 1.54) is 11.8 Å². The topological polar surface area (TPSA) is 65.1 Å². The highest BCUT2D eigenvalue weighted by Crippen LogP contribution is 2.21. The van der Waals surface area contributed by atoms with Gasteiger partial charge < -0.3 is 9.80 Å². The highest BCUT2D eigenvalue weighted by atomic mass is 35.5. The van der Waals surface area contributed by atoms with Crippen molar-refractivity contribution >= 4 is 35.0 Å². The molecule has 0 spiro atoms. The molecule has 1 aliphatic rings. The number of aromatic nitrogens is 3. The summed E-state index contributed by atoms with van der Waals surface area (Å²) >= 11 is 7.40. The zero-order chi connectivity index (χ0) is 16.2. The van der Waals surface area contributed by atoms with Gasteiger partial charge in [-0.25, -0.2) is 4.98 Å². The van der Waals surface area contributed by atoms with Crippen LogP contribution < -0.4 is 4.90 Å². The number of piperazine rings is 1. The van der Waals surface area contributed by atoms with Crippen LogP contribution in [0.25, 0.3) is 0 Å². The molecule has 1 fully saturated rings. The monoisotopic (exact) mass is 351 g/mol. The van der Waals surface area contributed by atoms with Gasteiger partial charge in [0.05, 0.1) is 5.75 Å². The largest absolute Gasteiger partial charge is 0.368 e. The lowest BCUT2D eigenvalue weighted by Gasteiger charge is -2.36.